The first-order chi connectivity index (χ1) is 5.69. The van der Waals surface area contributed by atoms with E-state index in [0.717, 1.165) is 0 Å². The van der Waals surface area contributed by atoms with Gasteiger partial charge in [0.1, 0.15) is 0 Å². The van der Waals surface area contributed by atoms with Crippen LogP contribution in [0.3, 0.4) is 0 Å². The molecule has 0 aromatic heterocycles. The van der Waals surface area contributed by atoms with Crippen molar-refractivity contribution in [3.05, 3.63) is 25.3 Å². The highest BCUT2D eigenvalue weighted by Crippen LogP contribution is 2.09. The number of hydrogen-bond acceptors (Lipinski definition) is 2. The molecule has 0 atom stereocenters. The Bertz CT molecular complexity index is 217. The van der Waals surface area contributed by atoms with Crippen LogP contribution in [0, 0.1) is 0 Å². The van der Waals surface area contributed by atoms with E-state index in [0.29, 0.717) is 13.3 Å². The second-order valence-corrected chi connectivity index (χ2v) is 2.45. The van der Waals surface area contributed by atoms with Gasteiger partial charge in [-0.05, 0) is 12.2 Å². The molecule has 12 heavy (non-hydrogen) atoms. The summed E-state index contributed by atoms with van der Waals surface area (Å²) in [7, 11) is 0. The Morgan fingerprint density at radius 2 is 1.33 bits per heavy atom. The van der Waals surface area contributed by atoms with Crippen molar-refractivity contribution in [2.24, 2.45) is 0 Å². The summed E-state index contributed by atoms with van der Waals surface area (Å²) in [6.45, 7) is 7.36. The molecular weight excluding hydrogens is 156 g/mol. The van der Waals surface area contributed by atoms with Gasteiger partial charge in [0.2, 0.25) is 11.8 Å². The zero-order valence-electron chi connectivity index (χ0n) is 6.69. The maximum absolute atomic E-state index is 10.9. The van der Waals surface area contributed by atoms with Gasteiger partial charge in [0.05, 0.1) is 13.3 Å². The predicted octanol–water partition coefficient (Wildman–Crippen LogP) is -0.0558. The van der Waals surface area contributed by atoms with Crippen LogP contribution < -0.4 is 0 Å². The van der Waals surface area contributed by atoms with Crippen molar-refractivity contribution in [3.63, 3.8) is 0 Å². The second-order valence-electron chi connectivity index (χ2n) is 2.45. The Labute approximate surface area is 70.8 Å². The number of rotatable bonds is 2. The minimum atomic E-state index is -0.150. The third kappa shape index (κ3) is 1.37. The molecule has 4 nitrogen and oxygen atoms in total. The molecule has 2 amide bonds. The van der Waals surface area contributed by atoms with E-state index < -0.39 is 0 Å². The highest BCUT2D eigenvalue weighted by atomic mass is 16.2. The third-order valence-corrected chi connectivity index (χ3v) is 1.66. The lowest BCUT2D eigenvalue weighted by Crippen LogP contribution is -2.58. The first-order valence-electron chi connectivity index (χ1n) is 3.51. The van der Waals surface area contributed by atoms with Crippen LogP contribution in [-0.2, 0) is 9.59 Å². The summed E-state index contributed by atoms with van der Waals surface area (Å²) < 4.78 is 0. The second kappa shape index (κ2) is 3.21. The van der Waals surface area contributed by atoms with Crippen LogP contribution in [-0.4, -0.2) is 35.0 Å². The largest absolute Gasteiger partial charge is 0.303 e. The summed E-state index contributed by atoms with van der Waals surface area (Å²) in [6, 6.07) is 0. The standard InChI is InChI=1S/C8H10N2O2/c1-3-7(11)9-5-10(6-9)8(12)4-2/h3-4H,1-2,5-6H2. The van der Waals surface area contributed by atoms with Gasteiger partial charge in [0.25, 0.3) is 0 Å². The Kier molecular flexibility index (Phi) is 2.28. The molecule has 64 valence electrons. The summed E-state index contributed by atoms with van der Waals surface area (Å²) in [6.07, 6.45) is 2.46. The summed E-state index contributed by atoms with van der Waals surface area (Å²) >= 11 is 0. The monoisotopic (exact) mass is 166 g/mol. The van der Waals surface area contributed by atoms with Gasteiger partial charge in [-0.15, -0.1) is 0 Å². The fourth-order valence-electron chi connectivity index (χ4n) is 0.908. The summed E-state index contributed by atoms with van der Waals surface area (Å²) in [5.74, 6) is -0.300. The quantitative estimate of drug-likeness (QED) is 0.539. The minimum Gasteiger partial charge on any atom is -0.303 e. The first-order valence-corrected chi connectivity index (χ1v) is 3.51. The Morgan fingerprint density at radius 3 is 1.58 bits per heavy atom. The van der Waals surface area contributed by atoms with Crippen LogP contribution in [0.2, 0.25) is 0 Å². The highest BCUT2D eigenvalue weighted by Gasteiger charge is 2.28. The van der Waals surface area contributed by atoms with Crippen molar-refractivity contribution in [1.82, 2.24) is 9.80 Å². The van der Waals surface area contributed by atoms with Crippen molar-refractivity contribution in [1.29, 1.82) is 0 Å². The SMILES string of the molecule is C=CC(=O)N1CN(C(=O)C=C)C1. The van der Waals surface area contributed by atoms with Crippen LogP contribution in [0.1, 0.15) is 0 Å². The van der Waals surface area contributed by atoms with E-state index in [9.17, 15) is 9.59 Å². The predicted molar refractivity (Wildman–Crippen MR) is 43.8 cm³/mol. The van der Waals surface area contributed by atoms with E-state index in [1.165, 1.54) is 22.0 Å². The van der Waals surface area contributed by atoms with Gasteiger partial charge < -0.3 is 9.80 Å². The number of amides is 2. The molecule has 1 rings (SSSR count). The lowest BCUT2D eigenvalue weighted by molar-refractivity contribution is -0.152. The van der Waals surface area contributed by atoms with Crippen LogP contribution in [0.4, 0.5) is 0 Å². The summed E-state index contributed by atoms with van der Waals surface area (Å²) in [5.41, 5.74) is 0. The molecule has 0 bridgehead atoms. The van der Waals surface area contributed by atoms with Gasteiger partial charge in [0.15, 0.2) is 0 Å². The molecule has 4 heteroatoms. The average Bonchev–Trinajstić information content (AvgIpc) is 2.01. The average molecular weight is 166 g/mol. The van der Waals surface area contributed by atoms with Crippen molar-refractivity contribution in [3.8, 4) is 0 Å². The van der Waals surface area contributed by atoms with E-state index >= 15 is 0 Å². The number of carbonyl (C=O) groups excluding carboxylic acids is 2. The van der Waals surface area contributed by atoms with Crippen molar-refractivity contribution in [2.75, 3.05) is 13.3 Å². The molecule has 0 N–H and O–H groups in total. The minimum absolute atomic E-state index is 0.150. The van der Waals surface area contributed by atoms with E-state index in [-0.39, 0.29) is 11.8 Å². The van der Waals surface area contributed by atoms with Gasteiger partial charge in [0, 0.05) is 0 Å². The first kappa shape index (κ1) is 8.52. The van der Waals surface area contributed by atoms with Crippen LogP contribution >= 0.6 is 0 Å². The molecule has 1 saturated heterocycles. The van der Waals surface area contributed by atoms with Gasteiger partial charge in [-0.25, -0.2) is 0 Å². The van der Waals surface area contributed by atoms with Crippen LogP contribution in [0.25, 0.3) is 0 Å². The number of carbonyl (C=O) groups is 2. The van der Waals surface area contributed by atoms with Crippen molar-refractivity contribution >= 4 is 11.8 Å². The van der Waals surface area contributed by atoms with Crippen molar-refractivity contribution in [2.45, 2.75) is 0 Å². The van der Waals surface area contributed by atoms with Crippen LogP contribution in [0.15, 0.2) is 25.3 Å². The van der Waals surface area contributed by atoms with E-state index in [1.54, 1.807) is 0 Å². The zero-order valence-corrected chi connectivity index (χ0v) is 6.69. The van der Waals surface area contributed by atoms with Gasteiger partial charge in [-0.2, -0.15) is 0 Å². The number of hydrogen-bond donors (Lipinski definition) is 0. The zero-order chi connectivity index (χ0) is 9.14. The smallest absolute Gasteiger partial charge is 0.248 e. The Hall–Kier alpha value is -1.58. The van der Waals surface area contributed by atoms with Crippen molar-refractivity contribution < 1.29 is 9.59 Å². The maximum atomic E-state index is 10.9. The Morgan fingerprint density at radius 1 is 1.00 bits per heavy atom. The summed E-state index contributed by atoms with van der Waals surface area (Å²) in [5, 5.41) is 0. The molecule has 0 aliphatic carbocycles. The van der Waals surface area contributed by atoms with Gasteiger partial charge >= 0.3 is 0 Å². The van der Waals surface area contributed by atoms with Gasteiger partial charge in [-0.1, -0.05) is 13.2 Å². The summed E-state index contributed by atoms with van der Waals surface area (Å²) in [4.78, 5) is 24.8. The topological polar surface area (TPSA) is 40.6 Å². The third-order valence-electron chi connectivity index (χ3n) is 1.66. The van der Waals surface area contributed by atoms with E-state index in [4.69, 9.17) is 0 Å². The molecule has 0 aromatic rings. The molecule has 1 fully saturated rings. The highest BCUT2D eigenvalue weighted by molar-refractivity contribution is 5.91. The maximum Gasteiger partial charge on any atom is 0.248 e. The Balaban J connectivity index is 2.38. The molecule has 1 aliphatic rings. The molecule has 0 saturated carbocycles. The molecule has 0 radical (unpaired) electrons. The molecule has 1 heterocycles. The van der Waals surface area contributed by atoms with E-state index in [2.05, 4.69) is 13.2 Å². The molecule has 0 spiro atoms. The number of nitrogens with zero attached hydrogens (tertiary/aromatic N) is 2. The fraction of sp³-hybridized carbons (Fsp3) is 0.250. The molecule has 0 aromatic carbocycles. The van der Waals surface area contributed by atoms with Crippen LogP contribution in [0.5, 0.6) is 0 Å². The van der Waals surface area contributed by atoms with Gasteiger partial charge in [-0.3, -0.25) is 9.59 Å². The molecule has 1 aliphatic heterocycles. The molecule has 0 unspecified atom stereocenters. The lowest BCUT2D eigenvalue weighted by Gasteiger charge is -2.41. The lowest BCUT2D eigenvalue weighted by atomic mass is 10.4. The normalized spacial score (nSPS) is 15.0. The fourth-order valence-corrected chi connectivity index (χ4v) is 0.908. The molecular formula is C8H10N2O2. The van der Waals surface area contributed by atoms with E-state index in [1.807, 2.05) is 0 Å².